The molecule has 2 amide bonds. The third-order valence-corrected chi connectivity index (χ3v) is 5.34. The van der Waals surface area contributed by atoms with Gasteiger partial charge in [-0.1, -0.05) is 85.1 Å². The van der Waals surface area contributed by atoms with E-state index in [0.29, 0.717) is 6.42 Å². The van der Waals surface area contributed by atoms with Gasteiger partial charge in [0.2, 0.25) is 11.8 Å². The fourth-order valence-electron chi connectivity index (χ4n) is 4.09. The maximum absolute atomic E-state index is 13.0. The smallest absolute Gasteiger partial charge is 0.234 e. The molecule has 0 radical (unpaired) electrons. The number of allylic oxidation sites excluding steroid dienone is 4. The standard InChI is InChI=1S/C23H35NO2.C2H6/c1-10-12-13-16(3)18(22(4,5)6)15-17-19(23(7,8)9)21(26)24(14-11-2)20(17)25;1-2/h2,10,12-13,17-19H,14-15H2,1,3-9H3;1-2H3/b12-10-,16-13+;. The van der Waals surface area contributed by atoms with Gasteiger partial charge in [0.05, 0.1) is 18.4 Å². The van der Waals surface area contributed by atoms with Crippen LogP contribution in [0.4, 0.5) is 0 Å². The van der Waals surface area contributed by atoms with Crippen molar-refractivity contribution >= 4 is 11.8 Å². The summed E-state index contributed by atoms with van der Waals surface area (Å²) in [7, 11) is 0. The molecule has 158 valence electrons. The molecule has 0 bridgehead atoms. The van der Waals surface area contributed by atoms with Crippen LogP contribution < -0.4 is 0 Å². The normalized spacial score (nSPS) is 22.2. The van der Waals surface area contributed by atoms with Crippen LogP contribution in [0.15, 0.2) is 23.8 Å². The van der Waals surface area contributed by atoms with E-state index in [4.69, 9.17) is 6.42 Å². The molecular formula is C25H41NO2. The molecule has 3 atom stereocenters. The van der Waals surface area contributed by atoms with Gasteiger partial charge in [-0.05, 0) is 37.0 Å². The van der Waals surface area contributed by atoms with E-state index in [0.717, 1.165) is 0 Å². The van der Waals surface area contributed by atoms with Gasteiger partial charge in [-0.25, -0.2) is 0 Å². The molecule has 1 fully saturated rings. The van der Waals surface area contributed by atoms with Crippen LogP contribution in [0.3, 0.4) is 0 Å². The van der Waals surface area contributed by atoms with E-state index >= 15 is 0 Å². The molecule has 0 aromatic rings. The van der Waals surface area contributed by atoms with E-state index in [1.165, 1.54) is 10.5 Å². The van der Waals surface area contributed by atoms with Crippen molar-refractivity contribution in [1.82, 2.24) is 4.90 Å². The number of hydrogen-bond acceptors (Lipinski definition) is 2. The number of hydrogen-bond donors (Lipinski definition) is 0. The number of terminal acetylenes is 1. The van der Waals surface area contributed by atoms with Crippen molar-refractivity contribution in [2.24, 2.45) is 28.6 Å². The first-order chi connectivity index (χ1) is 12.9. The van der Waals surface area contributed by atoms with E-state index in [-0.39, 0.29) is 46.9 Å². The molecule has 0 saturated carbocycles. The summed E-state index contributed by atoms with van der Waals surface area (Å²) in [5.41, 5.74) is 0.941. The molecule has 0 spiro atoms. The molecule has 0 N–H and O–H groups in total. The van der Waals surface area contributed by atoms with Crippen LogP contribution >= 0.6 is 0 Å². The monoisotopic (exact) mass is 387 g/mol. The van der Waals surface area contributed by atoms with E-state index in [2.05, 4.69) is 39.7 Å². The fraction of sp³-hybridized carbons (Fsp3) is 0.680. The fourth-order valence-corrected chi connectivity index (χ4v) is 4.09. The zero-order valence-corrected chi connectivity index (χ0v) is 19.7. The zero-order chi connectivity index (χ0) is 22.3. The highest BCUT2D eigenvalue weighted by molar-refractivity contribution is 6.05. The van der Waals surface area contributed by atoms with Gasteiger partial charge in [0.15, 0.2) is 0 Å². The largest absolute Gasteiger partial charge is 0.274 e. The highest BCUT2D eigenvalue weighted by atomic mass is 16.2. The first kappa shape index (κ1) is 26.2. The van der Waals surface area contributed by atoms with Gasteiger partial charge in [0.25, 0.3) is 0 Å². The summed E-state index contributed by atoms with van der Waals surface area (Å²) < 4.78 is 0. The van der Waals surface area contributed by atoms with Crippen LogP contribution in [0.25, 0.3) is 0 Å². The summed E-state index contributed by atoms with van der Waals surface area (Å²) in [6.45, 7) is 20.8. The molecule has 1 saturated heterocycles. The lowest BCUT2D eigenvalue weighted by molar-refractivity contribution is -0.139. The van der Waals surface area contributed by atoms with Crippen LogP contribution in [0, 0.1) is 40.9 Å². The van der Waals surface area contributed by atoms with Crippen molar-refractivity contribution in [2.45, 2.75) is 75.7 Å². The molecule has 0 aliphatic carbocycles. The third-order valence-electron chi connectivity index (χ3n) is 5.34. The van der Waals surface area contributed by atoms with Crippen molar-refractivity contribution in [3.63, 3.8) is 0 Å². The van der Waals surface area contributed by atoms with Crippen molar-refractivity contribution in [3.8, 4) is 12.3 Å². The number of nitrogens with zero attached hydrogens (tertiary/aromatic N) is 1. The van der Waals surface area contributed by atoms with Gasteiger partial charge in [0, 0.05) is 0 Å². The van der Waals surface area contributed by atoms with Crippen molar-refractivity contribution in [1.29, 1.82) is 0 Å². The maximum atomic E-state index is 13.0. The molecule has 0 aromatic heterocycles. The zero-order valence-electron chi connectivity index (χ0n) is 19.7. The summed E-state index contributed by atoms with van der Waals surface area (Å²) in [4.78, 5) is 27.2. The Hall–Kier alpha value is -1.82. The van der Waals surface area contributed by atoms with E-state index in [9.17, 15) is 9.59 Å². The lowest BCUT2D eigenvalue weighted by Gasteiger charge is -2.36. The first-order valence-electron chi connectivity index (χ1n) is 10.4. The predicted octanol–water partition coefficient (Wildman–Crippen LogP) is 5.87. The molecule has 0 aromatic carbocycles. The van der Waals surface area contributed by atoms with Gasteiger partial charge in [-0.2, -0.15) is 0 Å². The Kier molecular flexibility index (Phi) is 9.96. The Balaban J connectivity index is 0.00000352. The van der Waals surface area contributed by atoms with Crippen LogP contribution in [0.1, 0.15) is 75.7 Å². The van der Waals surface area contributed by atoms with Crippen LogP contribution in [-0.4, -0.2) is 23.3 Å². The van der Waals surface area contributed by atoms with Gasteiger partial charge in [0.1, 0.15) is 0 Å². The Labute approximate surface area is 173 Å². The molecule has 3 unspecified atom stereocenters. The highest BCUT2D eigenvalue weighted by Gasteiger charge is 2.53. The SMILES string of the molecule is C#CCN1C(=O)C(CC(/C(C)=C/C=C\C)C(C)(C)C)C(C(C)(C)C)C1=O.CC. The number of likely N-dealkylation sites (tertiary alicyclic amines) is 1. The number of imide groups is 1. The lowest BCUT2D eigenvalue weighted by atomic mass is 9.66. The Morgan fingerprint density at radius 1 is 1.14 bits per heavy atom. The number of carbonyl (C=O) groups is 2. The second-order valence-electron chi connectivity index (χ2n) is 9.51. The van der Waals surface area contributed by atoms with Gasteiger partial charge >= 0.3 is 0 Å². The lowest BCUT2D eigenvalue weighted by Crippen LogP contribution is -2.35. The average Bonchev–Trinajstić information content (AvgIpc) is 2.82. The summed E-state index contributed by atoms with van der Waals surface area (Å²) in [5.74, 6) is 1.78. The van der Waals surface area contributed by atoms with Crippen LogP contribution in [-0.2, 0) is 9.59 Å². The predicted molar refractivity (Wildman–Crippen MR) is 119 cm³/mol. The second kappa shape index (κ2) is 10.6. The van der Waals surface area contributed by atoms with Gasteiger partial charge in [-0.3, -0.25) is 14.5 Å². The molecule has 1 rings (SSSR count). The number of rotatable bonds is 5. The molecular weight excluding hydrogens is 346 g/mol. The van der Waals surface area contributed by atoms with Crippen molar-refractivity contribution in [2.75, 3.05) is 6.54 Å². The van der Waals surface area contributed by atoms with Crippen molar-refractivity contribution < 1.29 is 9.59 Å². The molecule has 3 nitrogen and oxygen atoms in total. The Bertz CT molecular complexity index is 635. The minimum atomic E-state index is -0.331. The number of carbonyl (C=O) groups excluding carboxylic acids is 2. The second-order valence-corrected chi connectivity index (χ2v) is 9.51. The van der Waals surface area contributed by atoms with E-state index < -0.39 is 0 Å². The molecule has 1 aliphatic heterocycles. The average molecular weight is 388 g/mol. The summed E-state index contributed by atoms with van der Waals surface area (Å²) in [6, 6.07) is 0. The summed E-state index contributed by atoms with van der Waals surface area (Å²) in [5, 5.41) is 0. The highest BCUT2D eigenvalue weighted by Crippen LogP contribution is 2.46. The molecule has 1 aliphatic rings. The van der Waals surface area contributed by atoms with E-state index in [1.54, 1.807) is 0 Å². The maximum Gasteiger partial charge on any atom is 0.234 e. The summed E-state index contributed by atoms with van der Waals surface area (Å²) >= 11 is 0. The van der Waals surface area contributed by atoms with Gasteiger partial charge in [-0.15, -0.1) is 6.42 Å². The van der Waals surface area contributed by atoms with E-state index in [1.807, 2.05) is 53.7 Å². The molecule has 28 heavy (non-hydrogen) atoms. The topological polar surface area (TPSA) is 37.4 Å². The minimum absolute atomic E-state index is 0.00648. The quantitative estimate of drug-likeness (QED) is 0.336. The summed E-state index contributed by atoms with van der Waals surface area (Å²) in [6.07, 6.45) is 12.2. The number of amides is 2. The molecule has 1 heterocycles. The van der Waals surface area contributed by atoms with Crippen molar-refractivity contribution in [3.05, 3.63) is 23.8 Å². The van der Waals surface area contributed by atoms with Crippen LogP contribution in [0.2, 0.25) is 0 Å². The van der Waals surface area contributed by atoms with Crippen LogP contribution in [0.5, 0.6) is 0 Å². The minimum Gasteiger partial charge on any atom is -0.274 e. The Morgan fingerprint density at radius 3 is 2.07 bits per heavy atom. The first-order valence-corrected chi connectivity index (χ1v) is 10.4. The van der Waals surface area contributed by atoms with Gasteiger partial charge < -0.3 is 0 Å². The molecule has 3 heteroatoms. The Morgan fingerprint density at radius 2 is 1.68 bits per heavy atom. The third kappa shape index (κ3) is 6.36.